The van der Waals surface area contributed by atoms with Crippen molar-refractivity contribution in [3.05, 3.63) is 69.5 Å². The van der Waals surface area contributed by atoms with Crippen LogP contribution in [0.25, 0.3) is 0 Å². The Morgan fingerprint density at radius 1 is 1.27 bits per heavy atom. The Morgan fingerprint density at radius 3 is 2.73 bits per heavy atom. The summed E-state index contributed by atoms with van der Waals surface area (Å²) in [5, 5.41) is 25.9. The van der Waals surface area contributed by atoms with Crippen LogP contribution in [0.15, 0.2) is 47.6 Å². The van der Waals surface area contributed by atoms with Crippen LogP contribution in [-0.2, 0) is 4.79 Å². The Balaban J connectivity index is 1.87. The predicted molar refractivity (Wildman–Crippen MR) is 89.2 cm³/mol. The molecular formula is C16H13FN4O5. The standard InChI is InChI=1S/C16H13FN4O5/c17-12-3-1-2-11(7-12)16(24)18-9-15(23)20-19-8-10-4-5-14(22)13(6-10)21(25)26/h1-8,22H,9H2,(H,18,24)(H,20,23)/b19-8-. The van der Waals surface area contributed by atoms with Gasteiger partial charge >= 0.3 is 5.69 Å². The zero-order valence-corrected chi connectivity index (χ0v) is 13.2. The van der Waals surface area contributed by atoms with Crippen molar-refractivity contribution in [2.45, 2.75) is 0 Å². The molecule has 0 aliphatic carbocycles. The molecule has 10 heteroatoms. The van der Waals surface area contributed by atoms with Gasteiger partial charge in [0.05, 0.1) is 17.7 Å². The fourth-order valence-electron chi connectivity index (χ4n) is 1.88. The number of aromatic hydroxyl groups is 1. The smallest absolute Gasteiger partial charge is 0.311 e. The van der Waals surface area contributed by atoms with Crippen molar-refractivity contribution in [2.75, 3.05) is 6.54 Å². The van der Waals surface area contributed by atoms with Crippen molar-refractivity contribution in [1.82, 2.24) is 10.7 Å². The minimum absolute atomic E-state index is 0.0673. The normalized spacial score (nSPS) is 10.5. The van der Waals surface area contributed by atoms with E-state index >= 15 is 0 Å². The molecule has 0 fully saturated rings. The second-order valence-corrected chi connectivity index (χ2v) is 4.99. The predicted octanol–water partition coefficient (Wildman–Crippen LogP) is 1.32. The van der Waals surface area contributed by atoms with Crippen molar-refractivity contribution in [2.24, 2.45) is 5.10 Å². The molecule has 2 aromatic rings. The van der Waals surface area contributed by atoms with Gasteiger partial charge in [0.15, 0.2) is 5.75 Å². The summed E-state index contributed by atoms with van der Waals surface area (Å²) in [5.74, 6) is -2.34. The highest BCUT2D eigenvalue weighted by molar-refractivity contribution is 5.96. The number of carbonyl (C=O) groups excluding carboxylic acids is 2. The van der Waals surface area contributed by atoms with Crippen molar-refractivity contribution in [1.29, 1.82) is 0 Å². The lowest BCUT2D eigenvalue weighted by Crippen LogP contribution is -2.34. The zero-order valence-electron chi connectivity index (χ0n) is 13.2. The number of hydrogen-bond acceptors (Lipinski definition) is 6. The fourth-order valence-corrected chi connectivity index (χ4v) is 1.88. The first kappa shape index (κ1) is 18.5. The van der Waals surface area contributed by atoms with E-state index in [1.165, 1.54) is 24.3 Å². The second kappa shape index (κ2) is 8.33. The highest BCUT2D eigenvalue weighted by Gasteiger charge is 2.13. The van der Waals surface area contributed by atoms with Gasteiger partial charge in [0.2, 0.25) is 0 Å². The van der Waals surface area contributed by atoms with Gasteiger partial charge in [0.25, 0.3) is 11.8 Å². The summed E-state index contributed by atoms with van der Waals surface area (Å²) in [4.78, 5) is 33.3. The van der Waals surface area contributed by atoms with E-state index in [1.807, 2.05) is 0 Å². The molecule has 0 aliphatic rings. The maximum atomic E-state index is 13.0. The van der Waals surface area contributed by atoms with E-state index in [2.05, 4.69) is 15.8 Å². The quantitative estimate of drug-likeness (QED) is 0.406. The summed E-state index contributed by atoms with van der Waals surface area (Å²) < 4.78 is 13.0. The van der Waals surface area contributed by atoms with Crippen molar-refractivity contribution < 1.29 is 24.0 Å². The van der Waals surface area contributed by atoms with Gasteiger partial charge in [-0.25, -0.2) is 9.82 Å². The molecule has 134 valence electrons. The number of hydrogen-bond donors (Lipinski definition) is 3. The van der Waals surface area contributed by atoms with Crippen LogP contribution >= 0.6 is 0 Å². The van der Waals surface area contributed by atoms with E-state index < -0.39 is 40.5 Å². The largest absolute Gasteiger partial charge is 0.502 e. The highest BCUT2D eigenvalue weighted by atomic mass is 19.1. The summed E-state index contributed by atoms with van der Waals surface area (Å²) in [6.07, 6.45) is 1.14. The lowest BCUT2D eigenvalue weighted by Gasteiger charge is -2.04. The number of rotatable bonds is 6. The summed E-state index contributed by atoms with van der Waals surface area (Å²) >= 11 is 0. The Hall–Kier alpha value is -3.82. The Labute approximate surface area is 146 Å². The van der Waals surface area contributed by atoms with Crippen LogP contribution in [0.4, 0.5) is 10.1 Å². The molecule has 0 atom stereocenters. The van der Waals surface area contributed by atoms with Gasteiger partial charge in [0.1, 0.15) is 5.82 Å². The number of hydrazone groups is 1. The molecule has 0 heterocycles. The van der Waals surface area contributed by atoms with E-state index in [4.69, 9.17) is 0 Å². The van der Waals surface area contributed by atoms with Gasteiger partial charge < -0.3 is 10.4 Å². The van der Waals surface area contributed by atoms with Crippen LogP contribution < -0.4 is 10.7 Å². The van der Waals surface area contributed by atoms with Crippen LogP contribution in [0, 0.1) is 15.9 Å². The number of nitro groups is 1. The molecular weight excluding hydrogens is 347 g/mol. The van der Waals surface area contributed by atoms with Crippen LogP contribution in [0.5, 0.6) is 5.75 Å². The summed E-state index contributed by atoms with van der Waals surface area (Å²) in [6.45, 7) is -0.400. The number of halogens is 1. The van der Waals surface area contributed by atoms with E-state index in [9.17, 15) is 29.2 Å². The van der Waals surface area contributed by atoms with Gasteiger partial charge in [-0.3, -0.25) is 19.7 Å². The molecule has 9 nitrogen and oxygen atoms in total. The molecule has 0 bridgehead atoms. The molecule has 0 unspecified atom stereocenters. The molecule has 0 radical (unpaired) electrons. The Morgan fingerprint density at radius 2 is 2.04 bits per heavy atom. The summed E-state index contributed by atoms with van der Waals surface area (Å²) in [5.41, 5.74) is 1.97. The van der Waals surface area contributed by atoms with Crippen molar-refractivity contribution in [3.63, 3.8) is 0 Å². The van der Waals surface area contributed by atoms with Gasteiger partial charge in [-0.05, 0) is 30.3 Å². The number of benzene rings is 2. The lowest BCUT2D eigenvalue weighted by molar-refractivity contribution is -0.385. The van der Waals surface area contributed by atoms with E-state index in [0.717, 1.165) is 24.4 Å². The molecule has 26 heavy (non-hydrogen) atoms. The van der Waals surface area contributed by atoms with Crippen LogP contribution in [-0.4, -0.2) is 34.6 Å². The average Bonchev–Trinajstić information content (AvgIpc) is 2.60. The molecule has 3 N–H and O–H groups in total. The third-order valence-corrected chi connectivity index (χ3v) is 3.10. The van der Waals surface area contributed by atoms with Gasteiger partial charge in [-0.2, -0.15) is 5.10 Å². The molecule has 2 amide bonds. The molecule has 0 aliphatic heterocycles. The number of phenols is 1. The minimum atomic E-state index is -0.757. The van der Waals surface area contributed by atoms with Crippen LogP contribution in [0.1, 0.15) is 15.9 Å². The van der Waals surface area contributed by atoms with Crippen LogP contribution in [0.3, 0.4) is 0 Å². The third kappa shape index (κ3) is 5.09. The fraction of sp³-hybridized carbons (Fsp3) is 0.0625. The number of nitro benzene ring substituents is 1. The van der Waals surface area contributed by atoms with Gasteiger partial charge in [-0.1, -0.05) is 6.07 Å². The first-order valence-electron chi connectivity index (χ1n) is 7.20. The maximum Gasteiger partial charge on any atom is 0.311 e. The molecule has 2 aromatic carbocycles. The zero-order chi connectivity index (χ0) is 19.1. The SMILES string of the molecule is O=C(CNC(=O)c1cccc(F)c1)N/N=C\c1ccc(O)c([N+](=O)[O-])c1. The third-order valence-electron chi connectivity index (χ3n) is 3.10. The van der Waals surface area contributed by atoms with E-state index in [1.54, 1.807) is 0 Å². The summed E-state index contributed by atoms with van der Waals surface area (Å²) in [6, 6.07) is 8.55. The molecule has 0 aromatic heterocycles. The number of amides is 2. The topological polar surface area (TPSA) is 134 Å². The first-order chi connectivity index (χ1) is 12.4. The monoisotopic (exact) mass is 360 g/mol. The summed E-state index contributed by atoms with van der Waals surface area (Å²) in [7, 11) is 0. The second-order valence-electron chi connectivity index (χ2n) is 4.99. The van der Waals surface area contributed by atoms with Crippen LogP contribution in [0.2, 0.25) is 0 Å². The van der Waals surface area contributed by atoms with Crippen molar-refractivity contribution in [3.8, 4) is 5.75 Å². The van der Waals surface area contributed by atoms with Gasteiger partial charge in [-0.15, -0.1) is 0 Å². The number of nitrogens with one attached hydrogen (secondary N) is 2. The number of phenolic OH excluding ortho intramolecular Hbond substituents is 1. The number of nitrogens with zero attached hydrogens (tertiary/aromatic N) is 2. The average molecular weight is 360 g/mol. The first-order valence-corrected chi connectivity index (χ1v) is 7.20. The van der Waals surface area contributed by atoms with E-state index in [0.29, 0.717) is 0 Å². The molecule has 0 spiro atoms. The molecule has 0 saturated heterocycles. The maximum absolute atomic E-state index is 13.0. The van der Waals surface area contributed by atoms with Crippen molar-refractivity contribution >= 4 is 23.7 Å². The van der Waals surface area contributed by atoms with E-state index in [-0.39, 0.29) is 11.1 Å². The highest BCUT2D eigenvalue weighted by Crippen LogP contribution is 2.25. The number of carbonyl (C=O) groups is 2. The molecule has 0 saturated carbocycles. The Kier molecular flexibility index (Phi) is 5.93. The van der Waals surface area contributed by atoms with Gasteiger partial charge in [0, 0.05) is 17.2 Å². The Bertz CT molecular complexity index is 885. The lowest BCUT2D eigenvalue weighted by atomic mass is 10.2. The minimum Gasteiger partial charge on any atom is -0.502 e. The molecule has 2 rings (SSSR count).